The van der Waals surface area contributed by atoms with E-state index in [0.29, 0.717) is 10.8 Å². The summed E-state index contributed by atoms with van der Waals surface area (Å²) in [6, 6.07) is 7.64. The molecule has 0 amide bonds. The standard InChI is InChI=1S/C18H15ClN2OS2/c1-23-14(9-10-4-2-5-11(19)8-10)16-20-17(22)15-12-6-3-7-13(12)24-18(15)21-16/h2,4-5,8-9H,3,6-7H2,1H3,(H,20,21,22)/b14-9-. The molecule has 0 spiro atoms. The van der Waals surface area contributed by atoms with Crippen LogP contribution in [0.3, 0.4) is 0 Å². The maximum Gasteiger partial charge on any atom is 0.260 e. The molecule has 2 aromatic heterocycles. The highest BCUT2D eigenvalue weighted by Crippen LogP contribution is 2.35. The van der Waals surface area contributed by atoms with E-state index in [1.165, 1.54) is 10.4 Å². The van der Waals surface area contributed by atoms with E-state index >= 15 is 0 Å². The molecule has 3 aromatic rings. The van der Waals surface area contributed by atoms with Crippen LogP contribution in [0.25, 0.3) is 21.2 Å². The minimum absolute atomic E-state index is 0.0274. The zero-order chi connectivity index (χ0) is 16.7. The van der Waals surface area contributed by atoms with Gasteiger partial charge >= 0.3 is 0 Å². The van der Waals surface area contributed by atoms with Gasteiger partial charge in [0.1, 0.15) is 10.7 Å². The van der Waals surface area contributed by atoms with Crippen LogP contribution in [-0.2, 0) is 12.8 Å². The van der Waals surface area contributed by atoms with Crippen LogP contribution in [0.15, 0.2) is 29.1 Å². The number of hydrogen-bond donors (Lipinski definition) is 1. The van der Waals surface area contributed by atoms with Crippen molar-refractivity contribution < 1.29 is 0 Å². The van der Waals surface area contributed by atoms with Crippen molar-refractivity contribution in [2.75, 3.05) is 6.26 Å². The van der Waals surface area contributed by atoms with Gasteiger partial charge in [0.25, 0.3) is 5.56 Å². The van der Waals surface area contributed by atoms with E-state index in [-0.39, 0.29) is 5.56 Å². The Morgan fingerprint density at radius 1 is 1.42 bits per heavy atom. The van der Waals surface area contributed by atoms with Crippen molar-refractivity contribution in [1.29, 1.82) is 0 Å². The molecule has 1 aliphatic rings. The van der Waals surface area contributed by atoms with E-state index < -0.39 is 0 Å². The number of thiophene rings is 1. The van der Waals surface area contributed by atoms with Gasteiger partial charge in [-0.1, -0.05) is 23.7 Å². The summed E-state index contributed by atoms with van der Waals surface area (Å²) in [7, 11) is 0. The minimum Gasteiger partial charge on any atom is -0.305 e. The molecule has 1 aliphatic carbocycles. The molecule has 2 heterocycles. The molecule has 24 heavy (non-hydrogen) atoms. The van der Waals surface area contributed by atoms with Gasteiger partial charge in [0.2, 0.25) is 0 Å². The first-order valence-electron chi connectivity index (χ1n) is 7.72. The molecule has 0 radical (unpaired) electrons. The first-order valence-corrected chi connectivity index (χ1v) is 10.1. The highest BCUT2D eigenvalue weighted by atomic mass is 35.5. The Morgan fingerprint density at radius 2 is 2.29 bits per heavy atom. The fourth-order valence-electron chi connectivity index (χ4n) is 3.09. The normalized spacial score (nSPS) is 14.3. The maximum absolute atomic E-state index is 12.6. The van der Waals surface area contributed by atoms with Gasteiger partial charge in [-0.2, -0.15) is 0 Å². The number of aromatic nitrogens is 2. The first kappa shape index (κ1) is 15.9. The Balaban J connectivity index is 1.84. The van der Waals surface area contributed by atoms with Gasteiger partial charge in [0, 0.05) is 9.90 Å². The molecule has 1 N–H and O–H groups in total. The fourth-order valence-corrected chi connectivity index (χ4v) is 5.10. The van der Waals surface area contributed by atoms with Crippen LogP contribution in [0.1, 0.15) is 28.2 Å². The van der Waals surface area contributed by atoms with Crippen molar-refractivity contribution in [2.45, 2.75) is 19.3 Å². The number of rotatable bonds is 3. The molecule has 0 saturated heterocycles. The van der Waals surface area contributed by atoms with E-state index in [4.69, 9.17) is 16.6 Å². The van der Waals surface area contributed by atoms with Gasteiger partial charge in [-0.25, -0.2) is 4.98 Å². The summed E-state index contributed by atoms with van der Waals surface area (Å²) in [4.78, 5) is 23.4. The van der Waals surface area contributed by atoms with Crippen LogP contribution < -0.4 is 5.56 Å². The lowest BCUT2D eigenvalue weighted by molar-refractivity contribution is 0.916. The molecule has 6 heteroatoms. The molecule has 0 saturated carbocycles. The number of hydrogen-bond acceptors (Lipinski definition) is 4. The molecule has 0 aliphatic heterocycles. The third-order valence-electron chi connectivity index (χ3n) is 4.17. The summed E-state index contributed by atoms with van der Waals surface area (Å²) in [6.45, 7) is 0. The largest absolute Gasteiger partial charge is 0.305 e. The Labute approximate surface area is 152 Å². The van der Waals surface area contributed by atoms with Crippen LogP contribution in [0.2, 0.25) is 5.02 Å². The van der Waals surface area contributed by atoms with Crippen LogP contribution in [0, 0.1) is 0 Å². The van der Waals surface area contributed by atoms with Crippen molar-refractivity contribution in [3.8, 4) is 0 Å². The molecule has 122 valence electrons. The van der Waals surface area contributed by atoms with Crippen molar-refractivity contribution in [2.24, 2.45) is 0 Å². The SMILES string of the molecule is CS/C(=C\c1cccc(Cl)c1)c1nc2sc3c(c2c(=O)[nH]1)CCC3. The summed E-state index contributed by atoms with van der Waals surface area (Å²) in [5, 5.41) is 1.48. The summed E-state index contributed by atoms with van der Waals surface area (Å²) < 4.78 is 0. The van der Waals surface area contributed by atoms with Gasteiger partial charge < -0.3 is 4.98 Å². The number of thioether (sulfide) groups is 1. The summed E-state index contributed by atoms with van der Waals surface area (Å²) in [5.41, 5.74) is 2.17. The molecule has 0 bridgehead atoms. The van der Waals surface area contributed by atoms with Crippen LogP contribution in [0.4, 0.5) is 0 Å². The molecular formula is C18H15ClN2OS2. The molecule has 0 atom stereocenters. The van der Waals surface area contributed by atoms with Gasteiger partial charge in [-0.05, 0) is 54.9 Å². The summed E-state index contributed by atoms with van der Waals surface area (Å²) in [6.07, 6.45) is 7.19. The lowest BCUT2D eigenvalue weighted by Gasteiger charge is -2.05. The zero-order valence-electron chi connectivity index (χ0n) is 13.1. The smallest absolute Gasteiger partial charge is 0.260 e. The number of halogens is 1. The number of aryl methyl sites for hydroxylation is 2. The Morgan fingerprint density at radius 3 is 3.08 bits per heavy atom. The lowest BCUT2D eigenvalue weighted by atomic mass is 10.2. The number of H-pyrrole nitrogens is 1. The molecule has 4 rings (SSSR count). The minimum atomic E-state index is -0.0274. The highest BCUT2D eigenvalue weighted by Gasteiger charge is 2.21. The maximum atomic E-state index is 12.6. The quantitative estimate of drug-likeness (QED) is 0.702. The third-order valence-corrected chi connectivity index (χ3v) is 6.35. The molecular weight excluding hydrogens is 360 g/mol. The average molecular weight is 375 g/mol. The molecule has 0 fully saturated rings. The number of nitrogens with zero attached hydrogens (tertiary/aromatic N) is 1. The Hall–Kier alpha value is -1.56. The lowest BCUT2D eigenvalue weighted by Crippen LogP contribution is -2.11. The summed E-state index contributed by atoms with van der Waals surface area (Å²) in [5.74, 6) is 0.625. The molecule has 3 nitrogen and oxygen atoms in total. The zero-order valence-corrected chi connectivity index (χ0v) is 15.4. The Kier molecular flexibility index (Phi) is 4.24. The second-order valence-corrected chi connectivity index (χ2v) is 8.09. The van der Waals surface area contributed by atoms with Crippen molar-refractivity contribution >= 4 is 55.9 Å². The fraction of sp³-hybridized carbons (Fsp3) is 0.222. The van der Waals surface area contributed by atoms with Crippen LogP contribution >= 0.6 is 34.7 Å². The van der Waals surface area contributed by atoms with E-state index in [9.17, 15) is 4.79 Å². The van der Waals surface area contributed by atoms with Crippen molar-refractivity contribution in [1.82, 2.24) is 9.97 Å². The van der Waals surface area contributed by atoms with E-state index in [2.05, 4.69) is 4.98 Å². The average Bonchev–Trinajstić information content (AvgIpc) is 3.12. The van der Waals surface area contributed by atoms with Crippen LogP contribution in [0.5, 0.6) is 0 Å². The predicted octanol–water partition coefficient (Wildman–Crippen LogP) is 4.99. The highest BCUT2D eigenvalue weighted by molar-refractivity contribution is 8.07. The van der Waals surface area contributed by atoms with Crippen molar-refractivity contribution in [3.63, 3.8) is 0 Å². The monoisotopic (exact) mass is 374 g/mol. The second-order valence-electron chi connectivity index (χ2n) is 5.72. The van der Waals surface area contributed by atoms with Crippen molar-refractivity contribution in [3.05, 3.63) is 61.5 Å². The third kappa shape index (κ3) is 2.81. The first-order chi connectivity index (χ1) is 11.7. The van der Waals surface area contributed by atoms with Gasteiger partial charge in [0.15, 0.2) is 0 Å². The topological polar surface area (TPSA) is 45.8 Å². The van der Waals surface area contributed by atoms with Gasteiger partial charge in [-0.15, -0.1) is 23.1 Å². The second kappa shape index (κ2) is 6.39. The molecule has 1 aromatic carbocycles. The molecule has 0 unspecified atom stereocenters. The van der Waals surface area contributed by atoms with E-state index in [0.717, 1.165) is 39.9 Å². The summed E-state index contributed by atoms with van der Waals surface area (Å²) >= 11 is 9.28. The van der Waals surface area contributed by atoms with Crippen LogP contribution in [-0.4, -0.2) is 16.2 Å². The Bertz CT molecular complexity index is 1020. The number of nitrogens with one attached hydrogen (secondary N) is 1. The van der Waals surface area contributed by atoms with E-state index in [1.807, 2.05) is 36.6 Å². The van der Waals surface area contributed by atoms with Gasteiger partial charge in [0.05, 0.1) is 10.3 Å². The van der Waals surface area contributed by atoms with E-state index in [1.54, 1.807) is 23.1 Å². The predicted molar refractivity (Wildman–Crippen MR) is 105 cm³/mol. The van der Waals surface area contributed by atoms with Gasteiger partial charge in [-0.3, -0.25) is 4.79 Å². The number of aromatic amines is 1. The number of fused-ring (bicyclic) bond motifs is 3. The number of benzene rings is 1.